The minimum absolute atomic E-state index is 0. The van der Waals surface area contributed by atoms with Gasteiger partial charge in [-0.3, -0.25) is 0 Å². The summed E-state index contributed by atoms with van der Waals surface area (Å²) < 4.78 is 4.93. The molecule has 0 spiro atoms. The molecule has 1 aliphatic heterocycles. The van der Waals surface area contributed by atoms with Crippen molar-refractivity contribution >= 4 is 24.1 Å². The zero-order valence-corrected chi connectivity index (χ0v) is 15.7. The van der Waals surface area contributed by atoms with Crippen molar-refractivity contribution in [3.8, 4) is 0 Å². The molecule has 0 saturated heterocycles. The zero-order chi connectivity index (χ0) is 17.0. The lowest BCUT2D eigenvalue weighted by Gasteiger charge is -2.43. The highest BCUT2D eigenvalue weighted by Gasteiger charge is 2.53. The van der Waals surface area contributed by atoms with Gasteiger partial charge in [-0.1, -0.05) is 30.3 Å². The van der Waals surface area contributed by atoms with E-state index in [-0.39, 0.29) is 18.4 Å². The molecule has 5 atom stereocenters. The van der Waals surface area contributed by atoms with Gasteiger partial charge in [0.15, 0.2) is 0 Å². The molecule has 2 aromatic rings. The Kier molecular flexibility index (Phi) is 4.44. The Bertz CT molecular complexity index is 822. The van der Waals surface area contributed by atoms with Crippen LogP contribution in [0.2, 0.25) is 0 Å². The van der Waals surface area contributed by atoms with Gasteiger partial charge in [0.25, 0.3) is 0 Å². The third-order valence-electron chi connectivity index (χ3n) is 6.67. The molecule has 3 nitrogen and oxygen atoms in total. The number of ether oxygens (including phenoxy) is 1. The molecule has 26 heavy (non-hydrogen) atoms. The van der Waals surface area contributed by atoms with E-state index in [1.54, 1.807) is 0 Å². The van der Waals surface area contributed by atoms with Crippen LogP contribution in [0, 0.1) is 17.8 Å². The van der Waals surface area contributed by atoms with E-state index in [9.17, 15) is 4.79 Å². The van der Waals surface area contributed by atoms with E-state index in [1.807, 2.05) is 6.07 Å². The molecule has 2 saturated carbocycles. The topological polar surface area (TPSA) is 38.3 Å². The first-order chi connectivity index (χ1) is 12.3. The fraction of sp³-hybridized carbons (Fsp3) is 0.409. The van der Waals surface area contributed by atoms with Crippen LogP contribution in [-0.4, -0.2) is 13.1 Å². The van der Waals surface area contributed by atoms with E-state index >= 15 is 0 Å². The van der Waals surface area contributed by atoms with Crippen molar-refractivity contribution in [2.45, 2.75) is 31.2 Å². The number of benzene rings is 2. The van der Waals surface area contributed by atoms with Gasteiger partial charge in [0.2, 0.25) is 0 Å². The average molecular weight is 370 g/mol. The lowest BCUT2D eigenvalue weighted by molar-refractivity contribution is 0.0600. The van der Waals surface area contributed by atoms with Crippen molar-refractivity contribution in [3.05, 3.63) is 65.2 Å². The number of halogens is 1. The van der Waals surface area contributed by atoms with Crippen molar-refractivity contribution in [1.82, 2.24) is 0 Å². The molecule has 3 aliphatic rings. The van der Waals surface area contributed by atoms with E-state index in [4.69, 9.17) is 4.74 Å². The normalized spacial score (nSPS) is 30.6. The molecule has 2 fully saturated rings. The molecule has 5 unspecified atom stereocenters. The summed E-state index contributed by atoms with van der Waals surface area (Å²) in [7, 11) is 1.45. The van der Waals surface area contributed by atoms with Crippen LogP contribution in [0.5, 0.6) is 0 Å². The summed E-state index contributed by atoms with van der Waals surface area (Å²) in [6.07, 6.45) is 4.01. The number of carbonyl (C=O) groups is 1. The Morgan fingerprint density at radius 1 is 1.08 bits per heavy atom. The molecule has 1 N–H and O–H groups in total. The molecule has 2 aromatic carbocycles. The highest BCUT2D eigenvalue weighted by molar-refractivity contribution is 5.90. The predicted molar refractivity (Wildman–Crippen MR) is 105 cm³/mol. The fourth-order valence-electron chi connectivity index (χ4n) is 5.72. The molecule has 2 aliphatic carbocycles. The standard InChI is InChI=1S/C22H23NO2.ClH/c1-25-22(24)16-9-10-18-17(12-16)19-14-7-8-15(11-14)20(19)21(23-18)13-5-3-2-4-6-13;/h2-6,9-10,12,14-15,19-21,23H,7-8,11H2,1H3;1H. The smallest absolute Gasteiger partial charge is 0.337 e. The maximum Gasteiger partial charge on any atom is 0.337 e. The minimum atomic E-state index is -0.243. The molecule has 0 aromatic heterocycles. The van der Waals surface area contributed by atoms with Gasteiger partial charge >= 0.3 is 5.97 Å². The highest BCUT2D eigenvalue weighted by Crippen LogP contribution is 2.63. The minimum Gasteiger partial charge on any atom is -0.465 e. The van der Waals surface area contributed by atoms with Gasteiger partial charge in [0.1, 0.15) is 0 Å². The third kappa shape index (κ3) is 2.52. The number of esters is 1. The Labute approximate surface area is 160 Å². The van der Waals surface area contributed by atoms with Crippen LogP contribution in [0.1, 0.15) is 52.7 Å². The van der Waals surface area contributed by atoms with Gasteiger partial charge < -0.3 is 10.1 Å². The fourth-order valence-corrected chi connectivity index (χ4v) is 5.72. The summed E-state index contributed by atoms with van der Waals surface area (Å²) in [6, 6.07) is 17.2. The van der Waals surface area contributed by atoms with Crippen LogP contribution >= 0.6 is 12.4 Å². The highest BCUT2D eigenvalue weighted by atomic mass is 35.5. The Morgan fingerprint density at radius 2 is 1.85 bits per heavy atom. The van der Waals surface area contributed by atoms with Crippen molar-refractivity contribution in [2.75, 3.05) is 12.4 Å². The lowest BCUT2D eigenvalue weighted by atomic mass is 9.68. The molecular formula is C22H24ClNO2. The molecular weight excluding hydrogens is 346 g/mol. The first-order valence-electron chi connectivity index (χ1n) is 9.30. The summed E-state index contributed by atoms with van der Waals surface area (Å²) in [5, 5.41) is 3.80. The molecule has 136 valence electrons. The predicted octanol–water partition coefficient (Wildman–Crippen LogP) is 5.19. The van der Waals surface area contributed by atoms with Gasteiger partial charge in [0.05, 0.1) is 18.7 Å². The van der Waals surface area contributed by atoms with Gasteiger partial charge in [-0.05, 0) is 72.3 Å². The second kappa shape index (κ2) is 6.62. The van der Waals surface area contributed by atoms with Gasteiger partial charge in [-0.15, -0.1) is 12.4 Å². The van der Waals surface area contributed by atoms with Crippen LogP contribution in [0.3, 0.4) is 0 Å². The van der Waals surface area contributed by atoms with Crippen LogP contribution in [0.25, 0.3) is 0 Å². The number of anilines is 1. The molecule has 4 heteroatoms. The summed E-state index contributed by atoms with van der Waals surface area (Å²) in [6.45, 7) is 0. The number of rotatable bonds is 2. The lowest BCUT2D eigenvalue weighted by Crippen LogP contribution is -2.35. The van der Waals surface area contributed by atoms with E-state index in [2.05, 4.69) is 47.8 Å². The quantitative estimate of drug-likeness (QED) is 0.740. The first kappa shape index (κ1) is 17.4. The summed E-state index contributed by atoms with van der Waals surface area (Å²) in [4.78, 5) is 12.0. The van der Waals surface area contributed by atoms with Gasteiger partial charge in [0, 0.05) is 5.69 Å². The van der Waals surface area contributed by atoms with Crippen LogP contribution in [-0.2, 0) is 4.74 Å². The van der Waals surface area contributed by atoms with E-state index in [0.29, 0.717) is 23.4 Å². The molecule has 2 bridgehead atoms. The first-order valence-corrected chi connectivity index (χ1v) is 9.30. The largest absolute Gasteiger partial charge is 0.465 e. The van der Waals surface area contributed by atoms with Crippen molar-refractivity contribution in [3.63, 3.8) is 0 Å². The summed E-state index contributed by atoms with van der Waals surface area (Å²) in [5.74, 6) is 2.50. The van der Waals surface area contributed by atoms with Gasteiger partial charge in [-0.25, -0.2) is 4.79 Å². The van der Waals surface area contributed by atoms with Crippen molar-refractivity contribution < 1.29 is 9.53 Å². The molecule has 0 amide bonds. The molecule has 5 rings (SSSR count). The number of nitrogens with one attached hydrogen (secondary N) is 1. The Hall–Kier alpha value is -2.00. The summed E-state index contributed by atoms with van der Waals surface area (Å²) in [5.41, 5.74) is 4.57. The van der Waals surface area contributed by atoms with Crippen LogP contribution in [0.15, 0.2) is 48.5 Å². The van der Waals surface area contributed by atoms with Crippen LogP contribution < -0.4 is 5.32 Å². The summed E-state index contributed by atoms with van der Waals surface area (Å²) >= 11 is 0. The maximum atomic E-state index is 12.0. The van der Waals surface area contributed by atoms with Crippen molar-refractivity contribution in [1.29, 1.82) is 0 Å². The monoisotopic (exact) mass is 369 g/mol. The SMILES string of the molecule is COC(=O)c1ccc2c(c1)C1C3CCC(C3)C1C(c1ccccc1)N2.Cl. The Morgan fingerprint density at radius 3 is 2.62 bits per heavy atom. The third-order valence-corrected chi connectivity index (χ3v) is 6.67. The molecule has 0 radical (unpaired) electrons. The average Bonchev–Trinajstić information content (AvgIpc) is 3.29. The number of fused-ring (bicyclic) bond motifs is 7. The molecule has 1 heterocycles. The van der Waals surface area contributed by atoms with E-state index < -0.39 is 0 Å². The Balaban J connectivity index is 0.00000168. The number of hydrogen-bond acceptors (Lipinski definition) is 3. The van der Waals surface area contributed by atoms with Gasteiger partial charge in [-0.2, -0.15) is 0 Å². The van der Waals surface area contributed by atoms with E-state index in [0.717, 1.165) is 11.8 Å². The van der Waals surface area contributed by atoms with Crippen molar-refractivity contribution in [2.24, 2.45) is 17.8 Å². The van der Waals surface area contributed by atoms with E-state index in [1.165, 1.54) is 43.2 Å². The van der Waals surface area contributed by atoms with Crippen LogP contribution in [0.4, 0.5) is 5.69 Å². The number of carbonyl (C=O) groups excluding carboxylic acids is 1. The second-order valence-corrected chi connectivity index (χ2v) is 7.76. The second-order valence-electron chi connectivity index (χ2n) is 7.76. The zero-order valence-electron chi connectivity index (χ0n) is 14.9. The number of hydrogen-bond donors (Lipinski definition) is 1. The maximum absolute atomic E-state index is 12.0. The number of methoxy groups -OCH3 is 1.